The minimum atomic E-state index is -0.814. The molecule has 2 amide bonds. The van der Waals surface area contributed by atoms with Gasteiger partial charge in [0.05, 0.1) is 12.1 Å². The Morgan fingerprint density at radius 1 is 1.25 bits per heavy atom. The van der Waals surface area contributed by atoms with Gasteiger partial charge in [0, 0.05) is 13.0 Å². The molecule has 6 heteroatoms. The van der Waals surface area contributed by atoms with Gasteiger partial charge in [0.2, 0.25) is 5.91 Å². The summed E-state index contributed by atoms with van der Waals surface area (Å²) in [6, 6.07) is 9.32. The van der Waals surface area contributed by atoms with E-state index in [0.717, 1.165) is 17.1 Å². The molecule has 3 rings (SSSR count). The Bertz CT molecular complexity index is 766. The average Bonchev–Trinajstić information content (AvgIpc) is 2.94. The first-order chi connectivity index (χ1) is 11.5. The summed E-state index contributed by atoms with van der Waals surface area (Å²) in [6.45, 7) is 4.27. The Morgan fingerprint density at radius 3 is 2.83 bits per heavy atom. The Kier molecular flexibility index (Phi) is 4.55. The lowest BCUT2D eigenvalue weighted by atomic mass is 10.1. The van der Waals surface area contributed by atoms with Crippen LogP contribution in [0.2, 0.25) is 0 Å². The molecule has 0 radical (unpaired) electrons. The van der Waals surface area contributed by atoms with Crippen molar-refractivity contribution in [2.24, 2.45) is 0 Å². The summed E-state index contributed by atoms with van der Waals surface area (Å²) in [5.41, 5.74) is 1.67. The molecule has 0 bridgehead atoms. The maximum absolute atomic E-state index is 12.1. The highest BCUT2D eigenvalue weighted by atomic mass is 16.5. The van der Waals surface area contributed by atoms with Crippen LogP contribution in [-0.2, 0) is 16.0 Å². The zero-order chi connectivity index (χ0) is 17.1. The number of amides is 2. The van der Waals surface area contributed by atoms with Gasteiger partial charge < -0.3 is 19.8 Å². The van der Waals surface area contributed by atoms with Crippen LogP contribution in [0.4, 0.5) is 5.69 Å². The number of carbonyl (C=O) groups excluding carboxylic acids is 2. The molecule has 2 aromatic rings. The molecule has 1 aromatic carbocycles. The van der Waals surface area contributed by atoms with Crippen molar-refractivity contribution >= 4 is 17.5 Å². The summed E-state index contributed by atoms with van der Waals surface area (Å²) in [5, 5.41) is 5.56. The van der Waals surface area contributed by atoms with E-state index in [0.29, 0.717) is 24.4 Å². The largest absolute Gasteiger partial charge is 0.478 e. The first-order valence-corrected chi connectivity index (χ1v) is 7.91. The summed E-state index contributed by atoms with van der Waals surface area (Å²) in [4.78, 5) is 24.1. The van der Waals surface area contributed by atoms with Gasteiger partial charge in [-0.3, -0.25) is 9.59 Å². The molecule has 2 heterocycles. The molecule has 1 aromatic heterocycles. The third kappa shape index (κ3) is 3.76. The van der Waals surface area contributed by atoms with Crippen molar-refractivity contribution in [2.45, 2.75) is 32.8 Å². The zero-order valence-corrected chi connectivity index (χ0v) is 13.7. The fraction of sp³-hybridized carbons (Fsp3) is 0.333. The fourth-order valence-electron chi connectivity index (χ4n) is 2.58. The number of nitrogens with one attached hydrogen (secondary N) is 2. The lowest BCUT2D eigenvalue weighted by molar-refractivity contribution is -0.130. The molecule has 1 aliphatic heterocycles. The molecule has 1 atom stereocenters. The van der Waals surface area contributed by atoms with Gasteiger partial charge in [-0.05, 0) is 43.7 Å². The standard InChI is InChI=1S/C18H20N2O4/c1-11-3-6-15-14(9-11)20-18(22)16(24-15)10-17(21)19-8-7-13-5-4-12(2)23-13/h3-6,9,16H,7-8,10H2,1-2H3,(H,19,21)(H,20,22). The maximum Gasteiger partial charge on any atom is 0.266 e. The van der Waals surface area contributed by atoms with Crippen molar-refractivity contribution in [2.75, 3.05) is 11.9 Å². The van der Waals surface area contributed by atoms with Crippen LogP contribution in [0.5, 0.6) is 5.75 Å². The predicted octanol–water partition coefficient (Wildman–Crippen LogP) is 2.34. The van der Waals surface area contributed by atoms with E-state index in [1.165, 1.54) is 0 Å². The second-order valence-electron chi connectivity index (χ2n) is 5.91. The molecule has 24 heavy (non-hydrogen) atoms. The lowest BCUT2D eigenvalue weighted by Gasteiger charge is -2.25. The van der Waals surface area contributed by atoms with Gasteiger partial charge in [0.1, 0.15) is 17.3 Å². The highest BCUT2D eigenvalue weighted by molar-refractivity contribution is 6.00. The Labute approximate surface area is 140 Å². The number of hydrogen-bond donors (Lipinski definition) is 2. The van der Waals surface area contributed by atoms with Crippen molar-refractivity contribution in [3.63, 3.8) is 0 Å². The van der Waals surface area contributed by atoms with E-state index in [1.807, 2.05) is 38.1 Å². The molecule has 0 aliphatic carbocycles. The van der Waals surface area contributed by atoms with Crippen molar-refractivity contribution < 1.29 is 18.7 Å². The highest BCUT2D eigenvalue weighted by Gasteiger charge is 2.29. The molecular weight excluding hydrogens is 308 g/mol. The lowest BCUT2D eigenvalue weighted by Crippen LogP contribution is -2.41. The fourth-order valence-corrected chi connectivity index (χ4v) is 2.58. The van der Waals surface area contributed by atoms with E-state index in [2.05, 4.69) is 10.6 Å². The van der Waals surface area contributed by atoms with Crippen LogP contribution >= 0.6 is 0 Å². The predicted molar refractivity (Wildman–Crippen MR) is 89.0 cm³/mol. The monoisotopic (exact) mass is 328 g/mol. The van der Waals surface area contributed by atoms with Crippen LogP contribution in [-0.4, -0.2) is 24.5 Å². The summed E-state index contributed by atoms with van der Waals surface area (Å²) in [5.74, 6) is 1.73. The molecule has 1 unspecified atom stereocenters. The molecule has 0 fully saturated rings. The van der Waals surface area contributed by atoms with Crippen molar-refractivity contribution in [3.05, 3.63) is 47.4 Å². The Balaban J connectivity index is 1.51. The molecule has 126 valence electrons. The van der Waals surface area contributed by atoms with Gasteiger partial charge >= 0.3 is 0 Å². The summed E-state index contributed by atoms with van der Waals surface area (Å²) < 4.78 is 11.1. The summed E-state index contributed by atoms with van der Waals surface area (Å²) >= 11 is 0. The second-order valence-corrected chi connectivity index (χ2v) is 5.91. The van der Waals surface area contributed by atoms with E-state index < -0.39 is 6.10 Å². The molecule has 0 saturated carbocycles. The topological polar surface area (TPSA) is 80.6 Å². The second kappa shape index (κ2) is 6.78. The van der Waals surface area contributed by atoms with Crippen LogP contribution in [0.3, 0.4) is 0 Å². The highest BCUT2D eigenvalue weighted by Crippen LogP contribution is 2.30. The van der Waals surface area contributed by atoms with E-state index in [1.54, 1.807) is 6.07 Å². The molecule has 6 nitrogen and oxygen atoms in total. The van der Waals surface area contributed by atoms with E-state index in [4.69, 9.17) is 9.15 Å². The van der Waals surface area contributed by atoms with E-state index in [9.17, 15) is 9.59 Å². The Morgan fingerprint density at radius 2 is 2.08 bits per heavy atom. The molecule has 2 N–H and O–H groups in total. The SMILES string of the molecule is Cc1ccc2c(c1)NC(=O)C(CC(=O)NCCc1ccc(C)o1)O2. The smallest absolute Gasteiger partial charge is 0.266 e. The number of fused-ring (bicyclic) bond motifs is 1. The first-order valence-electron chi connectivity index (χ1n) is 7.91. The van der Waals surface area contributed by atoms with Gasteiger partial charge in [-0.1, -0.05) is 6.07 Å². The van der Waals surface area contributed by atoms with Crippen LogP contribution in [0.15, 0.2) is 34.7 Å². The minimum absolute atomic E-state index is 0.0175. The number of ether oxygens (including phenoxy) is 1. The van der Waals surface area contributed by atoms with Crippen LogP contribution < -0.4 is 15.4 Å². The van der Waals surface area contributed by atoms with Crippen LogP contribution in [0, 0.1) is 13.8 Å². The van der Waals surface area contributed by atoms with Crippen molar-refractivity contribution in [1.82, 2.24) is 5.32 Å². The molecule has 0 saturated heterocycles. The average molecular weight is 328 g/mol. The number of rotatable bonds is 5. The number of benzene rings is 1. The number of carbonyl (C=O) groups is 2. The van der Waals surface area contributed by atoms with Gasteiger partial charge in [-0.15, -0.1) is 0 Å². The third-order valence-electron chi connectivity index (χ3n) is 3.81. The summed E-state index contributed by atoms with van der Waals surface area (Å²) in [6.07, 6.45) is -0.221. The van der Waals surface area contributed by atoms with Gasteiger partial charge in [-0.2, -0.15) is 0 Å². The van der Waals surface area contributed by atoms with Gasteiger partial charge in [-0.25, -0.2) is 0 Å². The van der Waals surface area contributed by atoms with E-state index in [-0.39, 0.29) is 18.2 Å². The third-order valence-corrected chi connectivity index (χ3v) is 3.81. The van der Waals surface area contributed by atoms with Crippen LogP contribution in [0.1, 0.15) is 23.5 Å². The molecule has 0 spiro atoms. The molecule has 1 aliphatic rings. The molecular formula is C18H20N2O4. The van der Waals surface area contributed by atoms with E-state index >= 15 is 0 Å². The number of hydrogen-bond acceptors (Lipinski definition) is 4. The van der Waals surface area contributed by atoms with Gasteiger partial charge in [0.25, 0.3) is 5.91 Å². The number of anilines is 1. The quantitative estimate of drug-likeness (QED) is 0.883. The van der Waals surface area contributed by atoms with Crippen molar-refractivity contribution in [3.8, 4) is 5.75 Å². The minimum Gasteiger partial charge on any atom is -0.478 e. The van der Waals surface area contributed by atoms with Crippen LogP contribution in [0.25, 0.3) is 0 Å². The Hall–Kier alpha value is -2.76. The first kappa shape index (κ1) is 16.1. The zero-order valence-electron chi connectivity index (χ0n) is 13.7. The normalized spacial score (nSPS) is 16.1. The summed E-state index contributed by atoms with van der Waals surface area (Å²) in [7, 11) is 0. The number of aryl methyl sites for hydroxylation is 2. The maximum atomic E-state index is 12.1. The number of furan rings is 1. The van der Waals surface area contributed by atoms with Gasteiger partial charge in [0.15, 0.2) is 6.10 Å². The van der Waals surface area contributed by atoms with Crippen molar-refractivity contribution in [1.29, 1.82) is 0 Å².